The Morgan fingerprint density at radius 1 is 0.412 bits per heavy atom. The number of rotatable bonds is 0. The number of hydrogen-bond donors (Lipinski definition) is 0. The fraction of sp³-hybridized carbons (Fsp3) is 0. The Balaban J connectivity index is -0.0000000400. The first kappa shape index (κ1) is 30.9. The van der Waals surface area contributed by atoms with Crippen LogP contribution in [-0.4, -0.2) is 34.7 Å². The van der Waals surface area contributed by atoms with Crippen molar-refractivity contribution in [3.8, 4) is 0 Å². The van der Waals surface area contributed by atoms with Crippen molar-refractivity contribution in [3.63, 3.8) is 0 Å². The summed E-state index contributed by atoms with van der Waals surface area (Å²) in [5, 5.41) is 0. The molecule has 0 N–H and O–H groups in total. The van der Waals surface area contributed by atoms with Gasteiger partial charge in [0.05, 0.1) is 0 Å². The van der Waals surface area contributed by atoms with Crippen LogP contribution in [0.15, 0.2) is 0 Å². The van der Waals surface area contributed by atoms with Crippen molar-refractivity contribution in [3.05, 3.63) is 0 Å². The first-order valence-electron chi connectivity index (χ1n) is 2.00. The van der Waals surface area contributed by atoms with Gasteiger partial charge in [-0.1, -0.05) is 0 Å². The van der Waals surface area contributed by atoms with E-state index in [2.05, 4.69) is 0 Å². The molecule has 0 saturated heterocycles. The molecule has 0 aromatic carbocycles. The normalized spacial score (nSPS) is 10.2. The van der Waals surface area contributed by atoms with Crippen LogP contribution in [0, 0.1) is 0 Å². The second kappa shape index (κ2) is 12.3. The Kier molecular flexibility index (Phi) is 22.3. The molecule has 96 valence electrons. The summed E-state index contributed by atoms with van der Waals surface area (Å²) in [7, 11) is 0. The van der Waals surface area contributed by atoms with E-state index in [1.54, 1.807) is 0 Å². The third-order valence-electron chi connectivity index (χ3n) is 0. The summed E-state index contributed by atoms with van der Waals surface area (Å²) in [5.41, 5.74) is 0. The molecule has 0 heterocycles. The van der Waals surface area contributed by atoms with Crippen molar-refractivity contribution in [2.24, 2.45) is 0 Å². The summed E-state index contributed by atoms with van der Waals surface area (Å²) in [6.45, 7) is 0. The van der Waals surface area contributed by atoms with Gasteiger partial charge in [-0.2, -0.15) is 0 Å². The molecule has 0 radical (unpaired) electrons. The van der Waals surface area contributed by atoms with Gasteiger partial charge >= 0.3 is 123 Å². The van der Waals surface area contributed by atoms with E-state index in [4.69, 9.17) is 47.8 Å². The van der Waals surface area contributed by atoms with E-state index in [1.807, 2.05) is 0 Å². The van der Waals surface area contributed by atoms with Gasteiger partial charge in [-0.15, -0.1) is 0 Å². The molecule has 0 saturated carbocycles. The van der Waals surface area contributed by atoms with Gasteiger partial charge < -0.3 is 0 Å². The first-order chi connectivity index (χ1) is 6.00. The van der Waals surface area contributed by atoms with Gasteiger partial charge in [0.1, 0.15) is 0 Å². The molecular formula is Al2Cr3O12. The van der Waals surface area contributed by atoms with Gasteiger partial charge in [0, 0.05) is 0 Å². The molecule has 0 fully saturated rings. The van der Waals surface area contributed by atoms with Crippen LogP contribution >= 0.6 is 0 Å². The summed E-state index contributed by atoms with van der Waals surface area (Å²) >= 11 is -17.2. The minimum atomic E-state index is -5.75. The Morgan fingerprint density at radius 2 is 0.412 bits per heavy atom. The average molecular weight is 402 g/mol. The molecule has 0 aliphatic heterocycles. The molecule has 0 aromatic rings. The van der Waals surface area contributed by atoms with Crippen LogP contribution < -0.4 is 24.9 Å². The van der Waals surface area contributed by atoms with E-state index in [0.29, 0.717) is 0 Å². The van der Waals surface area contributed by atoms with Crippen LogP contribution in [-0.2, 0) is 63.7 Å². The fourth-order valence-electron chi connectivity index (χ4n) is 0. The zero-order valence-electron chi connectivity index (χ0n) is 7.28. The van der Waals surface area contributed by atoms with Crippen LogP contribution in [0.4, 0.5) is 0 Å². The average Bonchev–Trinajstić information content (AvgIpc) is 1.41. The molecule has 17 heteroatoms. The summed E-state index contributed by atoms with van der Waals surface area (Å²) in [6.07, 6.45) is 0. The zero-order chi connectivity index (χ0) is 13.5. The summed E-state index contributed by atoms with van der Waals surface area (Å²) in [4.78, 5) is 0. The van der Waals surface area contributed by atoms with E-state index < -0.39 is 40.8 Å². The Labute approximate surface area is 122 Å². The van der Waals surface area contributed by atoms with E-state index in [-0.39, 0.29) is 34.7 Å². The van der Waals surface area contributed by atoms with E-state index in [1.165, 1.54) is 0 Å². The van der Waals surface area contributed by atoms with Crippen molar-refractivity contribution < 1.29 is 88.6 Å². The molecule has 0 spiro atoms. The maximum atomic E-state index is 8.59. The van der Waals surface area contributed by atoms with E-state index >= 15 is 0 Å². The van der Waals surface area contributed by atoms with Crippen molar-refractivity contribution in [1.29, 1.82) is 0 Å². The van der Waals surface area contributed by atoms with Crippen LogP contribution in [0.1, 0.15) is 0 Å². The maximum absolute atomic E-state index is 8.59. The Hall–Kier alpha value is 1.22. The SMILES string of the molecule is [Al+3].[Al+3].[O]=[Cr](=[O])([O-])[O-].[O]=[Cr](=[O])([O-])[O-].[O]=[Cr](=[O])([O-])[O-]. The molecule has 0 aliphatic carbocycles. The zero-order valence-corrected chi connectivity index (χ0v) is 13.4. The van der Waals surface area contributed by atoms with E-state index in [0.717, 1.165) is 0 Å². The monoisotopic (exact) mass is 402 g/mol. The third-order valence-corrected chi connectivity index (χ3v) is 0. The van der Waals surface area contributed by atoms with Crippen molar-refractivity contribution >= 4 is 34.7 Å². The minimum absolute atomic E-state index is 0. The van der Waals surface area contributed by atoms with Gasteiger partial charge in [-0.3, -0.25) is 0 Å². The molecule has 0 amide bonds. The molecule has 0 aliphatic rings. The van der Waals surface area contributed by atoms with Gasteiger partial charge in [-0.25, -0.2) is 0 Å². The Bertz CT molecular complexity index is 341. The van der Waals surface area contributed by atoms with E-state index in [9.17, 15) is 0 Å². The van der Waals surface area contributed by atoms with Crippen LogP contribution in [0.5, 0.6) is 0 Å². The summed E-state index contributed by atoms with van der Waals surface area (Å²) in [5.74, 6) is 0. The molecule has 0 rings (SSSR count). The molecule has 0 bridgehead atoms. The molecule has 12 nitrogen and oxygen atoms in total. The predicted molar refractivity (Wildman–Crippen MR) is 15.6 cm³/mol. The standard InChI is InChI=1S/2Al.3Cr.12O/q2*+3;;;;;;;;;;6*-1. The van der Waals surface area contributed by atoms with Gasteiger partial charge in [0.2, 0.25) is 0 Å². The van der Waals surface area contributed by atoms with Gasteiger partial charge in [-0.05, 0) is 0 Å². The van der Waals surface area contributed by atoms with Gasteiger partial charge in [0.15, 0.2) is 0 Å². The van der Waals surface area contributed by atoms with Crippen molar-refractivity contribution in [1.82, 2.24) is 0 Å². The van der Waals surface area contributed by atoms with Crippen LogP contribution in [0.3, 0.4) is 0 Å². The summed E-state index contributed by atoms with van der Waals surface area (Å²) in [6, 6.07) is 0. The van der Waals surface area contributed by atoms with Crippen LogP contribution in [0.25, 0.3) is 0 Å². The molecule has 0 unspecified atom stereocenters. The quantitative estimate of drug-likeness (QED) is 0.343. The summed E-state index contributed by atoms with van der Waals surface area (Å²) < 4.78 is 103. The predicted octanol–water partition coefficient (Wildman–Crippen LogP) is -8.62. The fourth-order valence-corrected chi connectivity index (χ4v) is 0. The second-order valence-electron chi connectivity index (χ2n) is 1.22. The number of hydrogen-bond acceptors (Lipinski definition) is 12. The second-order valence-corrected chi connectivity index (χ2v) is 5.05. The molecule has 17 heavy (non-hydrogen) atoms. The first-order valence-corrected chi connectivity index (χ1v) is 8.25. The molecule has 0 aromatic heterocycles. The molecular weight excluding hydrogens is 402 g/mol. The van der Waals surface area contributed by atoms with Crippen molar-refractivity contribution in [2.45, 2.75) is 0 Å². The topological polar surface area (TPSA) is 241 Å². The third kappa shape index (κ3) is 2670. The Morgan fingerprint density at radius 3 is 0.412 bits per heavy atom. The van der Waals surface area contributed by atoms with Gasteiger partial charge in [0.25, 0.3) is 0 Å². The van der Waals surface area contributed by atoms with Crippen LogP contribution in [0.2, 0.25) is 0 Å². The van der Waals surface area contributed by atoms with Crippen molar-refractivity contribution in [2.75, 3.05) is 0 Å². The molecule has 0 atom stereocenters.